The molecule has 1 aliphatic rings. The minimum atomic E-state index is -0.657. The molecule has 1 aromatic heterocycles. The Morgan fingerprint density at radius 1 is 1.44 bits per heavy atom. The van der Waals surface area contributed by atoms with Crippen molar-refractivity contribution in [2.75, 3.05) is 18.5 Å². The average Bonchev–Trinajstić information content (AvgIpc) is 2.95. The number of hydrogen-bond acceptors (Lipinski definition) is 3. The van der Waals surface area contributed by atoms with Gasteiger partial charge >= 0.3 is 0 Å². The Labute approximate surface area is 154 Å². The van der Waals surface area contributed by atoms with E-state index < -0.39 is 18.4 Å². The number of aromatic amines is 1. The molecule has 0 radical (unpaired) electrons. The molecule has 3 rings (SSSR count). The predicted octanol–water partition coefficient (Wildman–Crippen LogP) is 2.92. The lowest BCUT2D eigenvalue weighted by atomic mass is 9.84. The molecule has 0 bridgehead atoms. The largest absolute Gasteiger partial charge is 0.387 e. The number of H-pyrrole nitrogens is 1. The molecule has 2 amide bonds. The van der Waals surface area contributed by atoms with Gasteiger partial charge in [0.2, 0.25) is 11.8 Å². The summed E-state index contributed by atoms with van der Waals surface area (Å²) in [6.07, 6.45) is 0. The Kier molecular flexibility index (Phi) is 4.47. The second kappa shape index (κ2) is 6.20. The third kappa shape index (κ3) is 2.88. The summed E-state index contributed by atoms with van der Waals surface area (Å²) in [6, 6.07) is 1.54. The van der Waals surface area contributed by atoms with E-state index in [0.717, 1.165) is 11.3 Å². The first-order chi connectivity index (χ1) is 11.7. The maximum absolute atomic E-state index is 12.4. The predicted molar refractivity (Wildman–Crippen MR) is 98.5 cm³/mol. The number of aliphatic hydroxyl groups is 1. The summed E-state index contributed by atoms with van der Waals surface area (Å²) in [5, 5.41) is 15.9. The van der Waals surface area contributed by atoms with E-state index in [1.807, 2.05) is 20.8 Å². The fourth-order valence-corrected chi connectivity index (χ4v) is 3.68. The van der Waals surface area contributed by atoms with Crippen molar-refractivity contribution in [3.63, 3.8) is 0 Å². The van der Waals surface area contributed by atoms with E-state index in [1.165, 1.54) is 6.07 Å². The molecule has 134 valence electrons. The number of aromatic nitrogens is 1. The summed E-state index contributed by atoms with van der Waals surface area (Å²) in [7, 11) is 0. The van der Waals surface area contributed by atoms with Crippen LogP contribution in [0.15, 0.2) is 6.07 Å². The van der Waals surface area contributed by atoms with Gasteiger partial charge in [-0.1, -0.05) is 37.0 Å². The Bertz CT molecular complexity index is 889. The van der Waals surface area contributed by atoms with Gasteiger partial charge in [0.05, 0.1) is 27.2 Å². The molecule has 0 unspecified atom stereocenters. The first-order valence-corrected chi connectivity index (χ1v) is 8.65. The molecule has 4 N–H and O–H groups in total. The van der Waals surface area contributed by atoms with Gasteiger partial charge in [0.15, 0.2) is 0 Å². The molecular formula is C17H19Cl2N3O3. The highest BCUT2D eigenvalue weighted by molar-refractivity contribution is 6.46. The SMILES string of the molecule is C[C@H]1C(=O)NCC(C)(C)c2[nH]c3c(Cl)c(Cl)cc(NC(=O)CO)c3c21. The number of benzene rings is 1. The lowest BCUT2D eigenvalue weighted by molar-refractivity contribution is -0.122. The molecule has 0 spiro atoms. The van der Waals surface area contributed by atoms with Crippen molar-refractivity contribution in [1.29, 1.82) is 0 Å². The summed E-state index contributed by atoms with van der Waals surface area (Å²) in [5.74, 6) is -1.11. The molecule has 2 aromatic rings. The lowest BCUT2D eigenvalue weighted by Gasteiger charge is -2.22. The summed E-state index contributed by atoms with van der Waals surface area (Å²) in [4.78, 5) is 27.5. The maximum Gasteiger partial charge on any atom is 0.250 e. The quantitative estimate of drug-likeness (QED) is 0.641. The van der Waals surface area contributed by atoms with Crippen LogP contribution in [0.4, 0.5) is 5.69 Å². The second-order valence-electron chi connectivity index (χ2n) is 6.91. The van der Waals surface area contributed by atoms with Crippen molar-refractivity contribution in [2.45, 2.75) is 32.1 Å². The van der Waals surface area contributed by atoms with Crippen LogP contribution in [0.25, 0.3) is 10.9 Å². The fourth-order valence-electron chi connectivity index (χ4n) is 3.28. The van der Waals surface area contributed by atoms with Gasteiger partial charge in [0.25, 0.3) is 0 Å². The van der Waals surface area contributed by atoms with E-state index >= 15 is 0 Å². The fraction of sp³-hybridized carbons (Fsp3) is 0.412. The number of carbonyl (C=O) groups is 2. The highest BCUT2D eigenvalue weighted by Gasteiger charge is 2.37. The van der Waals surface area contributed by atoms with E-state index in [2.05, 4.69) is 15.6 Å². The number of halogens is 2. The van der Waals surface area contributed by atoms with Gasteiger partial charge in [-0.2, -0.15) is 0 Å². The van der Waals surface area contributed by atoms with Crippen LogP contribution in [0.5, 0.6) is 0 Å². The molecule has 8 heteroatoms. The molecule has 2 heterocycles. The summed E-state index contributed by atoms with van der Waals surface area (Å²) < 4.78 is 0. The van der Waals surface area contributed by atoms with Crippen LogP contribution in [-0.2, 0) is 15.0 Å². The molecule has 0 fully saturated rings. The number of carbonyl (C=O) groups excluding carboxylic acids is 2. The van der Waals surface area contributed by atoms with E-state index in [-0.39, 0.29) is 16.3 Å². The second-order valence-corrected chi connectivity index (χ2v) is 7.70. The Hall–Kier alpha value is -1.76. The number of aliphatic hydroxyl groups excluding tert-OH is 1. The summed E-state index contributed by atoms with van der Waals surface area (Å²) >= 11 is 12.6. The van der Waals surface area contributed by atoms with Crippen LogP contribution < -0.4 is 10.6 Å². The zero-order chi connectivity index (χ0) is 18.5. The number of amides is 2. The molecule has 6 nitrogen and oxygen atoms in total. The van der Waals surface area contributed by atoms with Crippen LogP contribution in [-0.4, -0.2) is 35.1 Å². The van der Waals surface area contributed by atoms with Crippen LogP contribution in [0.2, 0.25) is 10.0 Å². The summed E-state index contributed by atoms with van der Waals surface area (Å²) in [5.41, 5.74) is 2.28. The number of nitrogens with one attached hydrogen (secondary N) is 3. The molecule has 0 saturated heterocycles. The minimum absolute atomic E-state index is 0.0989. The molecule has 0 aliphatic carbocycles. The van der Waals surface area contributed by atoms with Crippen molar-refractivity contribution >= 4 is 51.6 Å². The Morgan fingerprint density at radius 2 is 2.12 bits per heavy atom. The standard InChI is InChI=1S/C17H19Cl2N3O3/c1-7-11-12-9(21-10(24)5-23)4-8(18)13(19)14(12)22-15(11)17(2,3)6-20-16(7)25/h4,7,22-23H,5-6H2,1-3H3,(H,20,25)(H,21,24)/t7-/m1/s1. The van der Waals surface area contributed by atoms with Crippen LogP contribution in [0.1, 0.15) is 37.9 Å². The van der Waals surface area contributed by atoms with Crippen molar-refractivity contribution in [3.8, 4) is 0 Å². The molecule has 1 aromatic carbocycles. The molecule has 1 aliphatic heterocycles. The average molecular weight is 384 g/mol. The Morgan fingerprint density at radius 3 is 2.76 bits per heavy atom. The van der Waals surface area contributed by atoms with Gasteiger partial charge in [0, 0.05) is 23.0 Å². The molecule has 0 saturated carbocycles. The summed E-state index contributed by atoms with van der Waals surface area (Å²) in [6.45, 7) is 5.65. The monoisotopic (exact) mass is 383 g/mol. The number of fused-ring (bicyclic) bond motifs is 3. The van der Waals surface area contributed by atoms with E-state index in [9.17, 15) is 9.59 Å². The highest BCUT2D eigenvalue weighted by atomic mass is 35.5. The third-order valence-corrected chi connectivity index (χ3v) is 5.42. The first kappa shape index (κ1) is 18.0. The number of rotatable bonds is 2. The van der Waals surface area contributed by atoms with Gasteiger partial charge < -0.3 is 20.7 Å². The topological polar surface area (TPSA) is 94.2 Å². The number of anilines is 1. The molecule has 25 heavy (non-hydrogen) atoms. The minimum Gasteiger partial charge on any atom is -0.387 e. The normalized spacial score (nSPS) is 19.3. The van der Waals surface area contributed by atoms with Gasteiger partial charge in [-0.25, -0.2) is 0 Å². The zero-order valence-electron chi connectivity index (χ0n) is 14.1. The van der Waals surface area contributed by atoms with Crippen LogP contribution in [0.3, 0.4) is 0 Å². The smallest absolute Gasteiger partial charge is 0.250 e. The van der Waals surface area contributed by atoms with Crippen molar-refractivity contribution in [3.05, 3.63) is 27.4 Å². The van der Waals surface area contributed by atoms with Gasteiger partial charge in [0.1, 0.15) is 6.61 Å². The van der Waals surface area contributed by atoms with Crippen LogP contribution >= 0.6 is 23.2 Å². The van der Waals surface area contributed by atoms with Gasteiger partial charge in [-0.05, 0) is 18.6 Å². The number of hydrogen-bond donors (Lipinski definition) is 4. The molecule has 1 atom stereocenters. The van der Waals surface area contributed by atoms with Crippen LogP contribution in [0, 0.1) is 0 Å². The lowest BCUT2D eigenvalue weighted by Crippen LogP contribution is -2.35. The Balaban J connectivity index is 2.40. The zero-order valence-corrected chi connectivity index (χ0v) is 15.6. The molecular weight excluding hydrogens is 365 g/mol. The first-order valence-electron chi connectivity index (χ1n) is 7.90. The third-order valence-electron chi connectivity index (χ3n) is 4.63. The van der Waals surface area contributed by atoms with E-state index in [1.54, 1.807) is 0 Å². The highest BCUT2D eigenvalue weighted by Crippen LogP contribution is 2.45. The van der Waals surface area contributed by atoms with E-state index in [0.29, 0.717) is 28.2 Å². The van der Waals surface area contributed by atoms with Gasteiger partial charge in [-0.3, -0.25) is 9.59 Å². The van der Waals surface area contributed by atoms with Crippen molar-refractivity contribution in [1.82, 2.24) is 10.3 Å². The van der Waals surface area contributed by atoms with E-state index in [4.69, 9.17) is 28.3 Å². The van der Waals surface area contributed by atoms with Crippen molar-refractivity contribution in [2.24, 2.45) is 0 Å². The van der Waals surface area contributed by atoms with Crippen molar-refractivity contribution < 1.29 is 14.7 Å². The maximum atomic E-state index is 12.4. The van der Waals surface area contributed by atoms with Gasteiger partial charge in [-0.15, -0.1) is 0 Å².